The van der Waals surface area contributed by atoms with E-state index in [1.165, 1.54) is 10.6 Å². The summed E-state index contributed by atoms with van der Waals surface area (Å²) in [6, 6.07) is 0.0638. The van der Waals surface area contributed by atoms with Crippen LogP contribution in [0.1, 0.15) is 25.7 Å². The van der Waals surface area contributed by atoms with E-state index in [1.54, 1.807) is 0 Å². The van der Waals surface area contributed by atoms with E-state index in [1.807, 2.05) is 4.90 Å². The zero-order valence-corrected chi connectivity index (χ0v) is 14.0. The van der Waals surface area contributed by atoms with Gasteiger partial charge in [-0.3, -0.25) is 4.90 Å². The van der Waals surface area contributed by atoms with E-state index in [0.29, 0.717) is 38.4 Å². The molecule has 8 heteroatoms. The van der Waals surface area contributed by atoms with Crippen molar-refractivity contribution in [2.45, 2.75) is 38.2 Å². The SMILES string of the molecule is CS(=O)(=O)N1CCC(N(CC(F)F)CC2CCCNC2)CC1. The van der Waals surface area contributed by atoms with Crippen LogP contribution in [0.15, 0.2) is 0 Å². The van der Waals surface area contributed by atoms with Gasteiger partial charge in [-0.15, -0.1) is 0 Å². The van der Waals surface area contributed by atoms with Gasteiger partial charge in [0.15, 0.2) is 0 Å². The number of rotatable bonds is 6. The summed E-state index contributed by atoms with van der Waals surface area (Å²) in [5, 5.41) is 3.32. The number of hydrogen-bond donors (Lipinski definition) is 1. The molecule has 0 saturated carbocycles. The second kappa shape index (κ2) is 7.99. The lowest BCUT2D eigenvalue weighted by Crippen LogP contribution is -2.50. The quantitative estimate of drug-likeness (QED) is 0.784. The highest BCUT2D eigenvalue weighted by Crippen LogP contribution is 2.22. The van der Waals surface area contributed by atoms with Gasteiger partial charge < -0.3 is 5.32 Å². The number of nitrogens with one attached hydrogen (secondary N) is 1. The number of hydrogen-bond acceptors (Lipinski definition) is 4. The Balaban J connectivity index is 1.91. The minimum atomic E-state index is -3.17. The van der Waals surface area contributed by atoms with Crippen LogP contribution in [0.2, 0.25) is 0 Å². The van der Waals surface area contributed by atoms with E-state index in [-0.39, 0.29) is 12.6 Å². The Kier molecular flexibility index (Phi) is 6.55. The molecule has 2 fully saturated rings. The van der Waals surface area contributed by atoms with Gasteiger partial charge in [0.05, 0.1) is 12.8 Å². The zero-order valence-electron chi connectivity index (χ0n) is 13.2. The van der Waals surface area contributed by atoms with Gasteiger partial charge >= 0.3 is 0 Å². The molecular weight excluding hydrogens is 312 g/mol. The third-order valence-corrected chi connectivity index (χ3v) is 5.98. The van der Waals surface area contributed by atoms with Crippen molar-refractivity contribution in [3.63, 3.8) is 0 Å². The first-order valence-electron chi connectivity index (χ1n) is 8.04. The molecule has 130 valence electrons. The first kappa shape index (κ1) is 18.0. The van der Waals surface area contributed by atoms with Crippen molar-refractivity contribution in [3.8, 4) is 0 Å². The van der Waals surface area contributed by atoms with E-state index in [9.17, 15) is 17.2 Å². The normalized spacial score (nSPS) is 26.0. The smallest absolute Gasteiger partial charge is 0.251 e. The van der Waals surface area contributed by atoms with Gasteiger partial charge in [-0.2, -0.15) is 0 Å². The number of halogens is 2. The molecule has 5 nitrogen and oxygen atoms in total. The van der Waals surface area contributed by atoms with Crippen LogP contribution in [-0.4, -0.2) is 75.6 Å². The summed E-state index contributed by atoms with van der Waals surface area (Å²) in [4.78, 5) is 1.89. The van der Waals surface area contributed by atoms with Crippen LogP contribution in [0.3, 0.4) is 0 Å². The first-order chi connectivity index (χ1) is 10.4. The summed E-state index contributed by atoms with van der Waals surface area (Å²) in [6.07, 6.45) is 2.32. The Morgan fingerprint density at radius 2 is 1.95 bits per heavy atom. The van der Waals surface area contributed by atoms with Crippen LogP contribution in [-0.2, 0) is 10.0 Å². The van der Waals surface area contributed by atoms with Crippen LogP contribution in [0.5, 0.6) is 0 Å². The molecule has 1 atom stereocenters. The molecule has 2 saturated heterocycles. The van der Waals surface area contributed by atoms with E-state index >= 15 is 0 Å². The third-order valence-electron chi connectivity index (χ3n) is 4.67. The van der Waals surface area contributed by atoms with Crippen LogP contribution in [0, 0.1) is 5.92 Å². The first-order valence-corrected chi connectivity index (χ1v) is 9.89. The van der Waals surface area contributed by atoms with E-state index in [4.69, 9.17) is 0 Å². The fraction of sp³-hybridized carbons (Fsp3) is 1.00. The number of piperidine rings is 2. The van der Waals surface area contributed by atoms with Gasteiger partial charge in [-0.25, -0.2) is 21.5 Å². The summed E-state index contributed by atoms with van der Waals surface area (Å²) in [6.45, 7) is 3.25. The van der Waals surface area contributed by atoms with Gasteiger partial charge in [0.1, 0.15) is 0 Å². The minimum Gasteiger partial charge on any atom is -0.316 e. The van der Waals surface area contributed by atoms with Crippen molar-refractivity contribution in [1.29, 1.82) is 0 Å². The molecule has 0 aromatic carbocycles. The summed E-state index contributed by atoms with van der Waals surface area (Å²) in [5.41, 5.74) is 0. The lowest BCUT2D eigenvalue weighted by atomic mass is 9.96. The predicted octanol–water partition coefficient (Wildman–Crippen LogP) is 0.977. The zero-order chi connectivity index (χ0) is 16.2. The van der Waals surface area contributed by atoms with Crippen LogP contribution in [0.4, 0.5) is 8.78 Å². The van der Waals surface area contributed by atoms with E-state index in [0.717, 1.165) is 25.9 Å². The molecule has 0 bridgehead atoms. The Hall–Kier alpha value is -0.310. The Labute approximate surface area is 132 Å². The fourth-order valence-electron chi connectivity index (χ4n) is 3.50. The van der Waals surface area contributed by atoms with Crippen molar-refractivity contribution in [3.05, 3.63) is 0 Å². The maximum atomic E-state index is 12.9. The summed E-state index contributed by atoms with van der Waals surface area (Å²) in [7, 11) is -3.17. The Morgan fingerprint density at radius 1 is 1.27 bits per heavy atom. The molecule has 2 aliphatic rings. The molecule has 0 aliphatic carbocycles. The highest BCUT2D eigenvalue weighted by molar-refractivity contribution is 7.88. The number of alkyl halides is 2. The van der Waals surface area contributed by atoms with Gasteiger partial charge in [0.25, 0.3) is 6.43 Å². The standard InChI is InChI=1S/C14H27F2N3O2S/c1-22(20,21)19-7-4-13(5-8-19)18(11-14(15)16)10-12-3-2-6-17-9-12/h12-14,17H,2-11H2,1H3. The molecule has 2 heterocycles. The monoisotopic (exact) mass is 339 g/mol. The summed E-state index contributed by atoms with van der Waals surface area (Å²) < 4.78 is 50.3. The Bertz CT molecular complexity index is 433. The third kappa shape index (κ3) is 5.40. The average Bonchev–Trinajstić information content (AvgIpc) is 2.46. The van der Waals surface area contributed by atoms with Gasteiger partial charge in [-0.05, 0) is 44.7 Å². The van der Waals surface area contributed by atoms with E-state index in [2.05, 4.69) is 5.32 Å². The highest BCUT2D eigenvalue weighted by Gasteiger charge is 2.31. The topological polar surface area (TPSA) is 52.7 Å². The van der Waals surface area contributed by atoms with Crippen molar-refractivity contribution in [2.75, 3.05) is 45.5 Å². The van der Waals surface area contributed by atoms with Crippen LogP contribution in [0.25, 0.3) is 0 Å². The number of nitrogens with zero attached hydrogens (tertiary/aromatic N) is 2. The molecule has 0 spiro atoms. The minimum absolute atomic E-state index is 0.0638. The Morgan fingerprint density at radius 3 is 2.45 bits per heavy atom. The second-order valence-corrected chi connectivity index (χ2v) is 8.43. The molecule has 0 aromatic heterocycles. The maximum Gasteiger partial charge on any atom is 0.251 e. The van der Waals surface area contributed by atoms with E-state index < -0.39 is 16.4 Å². The summed E-state index contributed by atoms with van der Waals surface area (Å²) >= 11 is 0. The van der Waals surface area contributed by atoms with Gasteiger partial charge in [0.2, 0.25) is 10.0 Å². The predicted molar refractivity (Wildman–Crippen MR) is 82.6 cm³/mol. The molecule has 1 unspecified atom stereocenters. The molecule has 0 aromatic rings. The molecular formula is C14H27F2N3O2S. The maximum absolute atomic E-state index is 12.9. The second-order valence-electron chi connectivity index (χ2n) is 6.45. The lowest BCUT2D eigenvalue weighted by Gasteiger charge is -2.39. The molecule has 2 aliphatic heterocycles. The largest absolute Gasteiger partial charge is 0.316 e. The van der Waals surface area contributed by atoms with Gasteiger partial charge in [0, 0.05) is 25.7 Å². The van der Waals surface area contributed by atoms with Crippen LogP contribution < -0.4 is 5.32 Å². The molecule has 1 N–H and O–H groups in total. The highest BCUT2D eigenvalue weighted by atomic mass is 32.2. The summed E-state index contributed by atoms with van der Waals surface area (Å²) in [5.74, 6) is 0.417. The molecule has 0 amide bonds. The van der Waals surface area contributed by atoms with Crippen molar-refractivity contribution in [2.24, 2.45) is 5.92 Å². The fourth-order valence-corrected chi connectivity index (χ4v) is 4.37. The lowest BCUT2D eigenvalue weighted by molar-refractivity contribution is 0.0383. The van der Waals surface area contributed by atoms with Gasteiger partial charge in [-0.1, -0.05) is 0 Å². The molecule has 0 radical (unpaired) electrons. The molecule has 22 heavy (non-hydrogen) atoms. The number of sulfonamides is 1. The van der Waals surface area contributed by atoms with Crippen molar-refractivity contribution < 1.29 is 17.2 Å². The van der Waals surface area contributed by atoms with Crippen molar-refractivity contribution >= 4 is 10.0 Å². The van der Waals surface area contributed by atoms with Crippen molar-refractivity contribution in [1.82, 2.24) is 14.5 Å². The molecule has 2 rings (SSSR count). The van der Waals surface area contributed by atoms with Crippen LogP contribution >= 0.6 is 0 Å². The average molecular weight is 339 g/mol.